The molecule has 0 aromatic heterocycles. The van der Waals surface area contributed by atoms with E-state index in [1.54, 1.807) is 10.4 Å². The number of hydrogen-bond donors (Lipinski definition) is 0. The van der Waals surface area contributed by atoms with Gasteiger partial charge in [-0.3, -0.25) is 4.90 Å². The molecule has 0 bridgehead atoms. The van der Waals surface area contributed by atoms with Crippen LogP contribution in [-0.2, 0) is 10.0 Å². The average Bonchev–Trinajstić information content (AvgIpc) is 2.81. The van der Waals surface area contributed by atoms with E-state index < -0.39 is 10.0 Å². The Balaban J connectivity index is 1.49. The van der Waals surface area contributed by atoms with Crippen molar-refractivity contribution in [3.05, 3.63) is 113 Å². The molecule has 0 unspecified atom stereocenters. The summed E-state index contributed by atoms with van der Waals surface area (Å²) < 4.78 is 27.2. The first kappa shape index (κ1) is 20.5. The molecule has 1 aliphatic heterocycles. The lowest BCUT2D eigenvalue weighted by atomic mass is 9.96. The number of sulfonamides is 1. The van der Waals surface area contributed by atoms with Gasteiger partial charge in [-0.15, -0.1) is 0 Å². The Labute approximate surface area is 179 Å². The monoisotopic (exact) mass is 418 g/mol. The van der Waals surface area contributed by atoms with Gasteiger partial charge in [-0.1, -0.05) is 91.0 Å². The second-order valence-electron chi connectivity index (χ2n) is 7.42. The summed E-state index contributed by atoms with van der Waals surface area (Å²) >= 11 is 0. The van der Waals surface area contributed by atoms with Crippen molar-refractivity contribution in [3.8, 4) is 0 Å². The summed E-state index contributed by atoms with van der Waals surface area (Å²) in [4.78, 5) is 2.37. The van der Waals surface area contributed by atoms with Gasteiger partial charge in [0, 0.05) is 31.6 Å². The van der Waals surface area contributed by atoms with Crippen LogP contribution < -0.4 is 0 Å². The summed E-state index contributed by atoms with van der Waals surface area (Å²) in [6, 6.07) is 30.5. The molecule has 0 N–H and O–H groups in total. The Morgan fingerprint density at radius 3 is 1.63 bits per heavy atom. The Kier molecular flexibility index (Phi) is 6.43. The van der Waals surface area contributed by atoms with E-state index >= 15 is 0 Å². The van der Waals surface area contributed by atoms with E-state index in [1.165, 1.54) is 16.5 Å². The zero-order valence-corrected chi connectivity index (χ0v) is 17.7. The van der Waals surface area contributed by atoms with Crippen molar-refractivity contribution < 1.29 is 8.42 Å². The third-order valence-electron chi connectivity index (χ3n) is 5.46. The summed E-state index contributed by atoms with van der Waals surface area (Å²) in [5.41, 5.74) is 3.33. The fraction of sp³-hybridized carbons (Fsp3) is 0.200. The number of nitrogens with zero attached hydrogens (tertiary/aromatic N) is 2. The average molecular weight is 419 g/mol. The molecule has 5 heteroatoms. The minimum Gasteiger partial charge on any atom is -0.290 e. The van der Waals surface area contributed by atoms with Crippen molar-refractivity contribution in [3.63, 3.8) is 0 Å². The maximum absolute atomic E-state index is 12.8. The highest BCUT2D eigenvalue weighted by Crippen LogP contribution is 2.29. The molecule has 1 aliphatic rings. The van der Waals surface area contributed by atoms with E-state index in [2.05, 4.69) is 53.4 Å². The zero-order valence-electron chi connectivity index (χ0n) is 16.8. The molecule has 3 aromatic carbocycles. The van der Waals surface area contributed by atoms with Gasteiger partial charge in [0.2, 0.25) is 10.0 Å². The van der Waals surface area contributed by atoms with Gasteiger partial charge < -0.3 is 0 Å². The number of rotatable bonds is 6. The smallest absolute Gasteiger partial charge is 0.236 e. The minimum absolute atomic E-state index is 0.122. The lowest BCUT2D eigenvalue weighted by molar-refractivity contribution is 0.156. The van der Waals surface area contributed by atoms with E-state index in [0.717, 1.165) is 5.56 Å². The van der Waals surface area contributed by atoms with E-state index in [9.17, 15) is 8.42 Å². The molecule has 0 spiro atoms. The standard InChI is InChI=1S/C25H26N2O2S/c28-30(29,21-16-22-10-4-1-5-11-22)27-19-17-26(18-20-27)25(23-12-6-2-7-13-23)24-14-8-3-9-15-24/h1-16,21,25H,17-20H2. The van der Waals surface area contributed by atoms with E-state index in [0.29, 0.717) is 26.2 Å². The molecule has 0 amide bonds. The van der Waals surface area contributed by atoms with Crippen LogP contribution in [0.15, 0.2) is 96.4 Å². The van der Waals surface area contributed by atoms with E-state index in [-0.39, 0.29) is 6.04 Å². The summed E-state index contributed by atoms with van der Waals surface area (Å²) in [6.45, 7) is 2.34. The Bertz CT molecular complexity index is 1020. The molecule has 30 heavy (non-hydrogen) atoms. The molecule has 1 heterocycles. The second kappa shape index (κ2) is 9.39. The van der Waals surface area contributed by atoms with Gasteiger partial charge in [0.05, 0.1) is 6.04 Å². The Hall–Kier alpha value is -2.73. The van der Waals surface area contributed by atoms with Crippen LogP contribution in [0.25, 0.3) is 6.08 Å². The van der Waals surface area contributed by atoms with E-state index in [1.807, 2.05) is 42.5 Å². The summed E-state index contributed by atoms with van der Waals surface area (Å²) in [5, 5.41) is 1.32. The van der Waals surface area contributed by atoms with Crippen molar-refractivity contribution in [1.29, 1.82) is 0 Å². The summed E-state index contributed by atoms with van der Waals surface area (Å²) in [6.07, 6.45) is 1.67. The predicted molar refractivity (Wildman–Crippen MR) is 122 cm³/mol. The minimum atomic E-state index is -3.43. The highest BCUT2D eigenvalue weighted by Gasteiger charge is 2.30. The molecule has 0 aliphatic carbocycles. The van der Waals surface area contributed by atoms with Crippen molar-refractivity contribution in [2.45, 2.75) is 6.04 Å². The van der Waals surface area contributed by atoms with Gasteiger partial charge in [-0.2, -0.15) is 4.31 Å². The van der Waals surface area contributed by atoms with Crippen molar-refractivity contribution in [1.82, 2.24) is 9.21 Å². The number of hydrogen-bond acceptors (Lipinski definition) is 3. The molecule has 0 radical (unpaired) electrons. The van der Waals surface area contributed by atoms with Gasteiger partial charge in [-0.05, 0) is 22.8 Å². The Morgan fingerprint density at radius 1 is 0.667 bits per heavy atom. The molecule has 1 fully saturated rings. The fourth-order valence-electron chi connectivity index (χ4n) is 3.92. The maximum Gasteiger partial charge on any atom is 0.236 e. The van der Waals surface area contributed by atoms with Crippen LogP contribution in [0.1, 0.15) is 22.7 Å². The first-order chi connectivity index (χ1) is 14.6. The van der Waals surface area contributed by atoms with Crippen molar-refractivity contribution in [2.24, 2.45) is 0 Å². The third kappa shape index (κ3) is 4.87. The van der Waals surface area contributed by atoms with Crippen LogP contribution >= 0.6 is 0 Å². The Morgan fingerprint density at radius 2 is 1.13 bits per heavy atom. The predicted octanol–water partition coefficient (Wildman–Crippen LogP) is 4.39. The summed E-state index contributed by atoms with van der Waals surface area (Å²) in [5.74, 6) is 0. The van der Waals surface area contributed by atoms with Crippen molar-refractivity contribution in [2.75, 3.05) is 26.2 Å². The SMILES string of the molecule is O=S(=O)(C=Cc1ccccc1)N1CCN(C(c2ccccc2)c2ccccc2)CC1. The van der Waals surface area contributed by atoms with Crippen LogP contribution in [-0.4, -0.2) is 43.8 Å². The van der Waals surface area contributed by atoms with Gasteiger partial charge in [0.1, 0.15) is 0 Å². The first-order valence-electron chi connectivity index (χ1n) is 10.2. The van der Waals surface area contributed by atoms with Gasteiger partial charge >= 0.3 is 0 Å². The molecule has 4 rings (SSSR count). The molecular weight excluding hydrogens is 392 g/mol. The first-order valence-corrected chi connectivity index (χ1v) is 11.7. The molecule has 4 nitrogen and oxygen atoms in total. The maximum atomic E-state index is 12.8. The highest BCUT2D eigenvalue weighted by atomic mass is 32.2. The lowest BCUT2D eigenvalue weighted by Gasteiger charge is -2.38. The van der Waals surface area contributed by atoms with Crippen LogP contribution in [0.4, 0.5) is 0 Å². The summed E-state index contributed by atoms with van der Waals surface area (Å²) in [7, 11) is -3.43. The van der Waals surface area contributed by atoms with Crippen LogP contribution in [0.3, 0.4) is 0 Å². The largest absolute Gasteiger partial charge is 0.290 e. The van der Waals surface area contributed by atoms with Gasteiger partial charge in [-0.25, -0.2) is 8.42 Å². The molecule has 1 saturated heterocycles. The molecule has 0 saturated carbocycles. The van der Waals surface area contributed by atoms with Crippen LogP contribution in [0, 0.1) is 0 Å². The fourth-order valence-corrected chi connectivity index (χ4v) is 5.09. The lowest BCUT2D eigenvalue weighted by Crippen LogP contribution is -2.49. The van der Waals surface area contributed by atoms with Crippen molar-refractivity contribution >= 4 is 16.1 Å². The topological polar surface area (TPSA) is 40.6 Å². The number of piperazine rings is 1. The van der Waals surface area contributed by atoms with Crippen LogP contribution in [0.2, 0.25) is 0 Å². The molecular formula is C25H26N2O2S. The quantitative estimate of drug-likeness (QED) is 0.596. The molecule has 0 atom stereocenters. The zero-order chi connectivity index (χ0) is 20.8. The number of benzene rings is 3. The molecule has 3 aromatic rings. The van der Waals surface area contributed by atoms with Gasteiger partial charge in [0.25, 0.3) is 0 Å². The second-order valence-corrected chi connectivity index (χ2v) is 9.24. The molecule has 154 valence electrons. The van der Waals surface area contributed by atoms with E-state index in [4.69, 9.17) is 0 Å². The normalized spacial score (nSPS) is 16.3. The third-order valence-corrected chi connectivity index (χ3v) is 7.03. The highest BCUT2D eigenvalue weighted by molar-refractivity contribution is 7.92. The van der Waals surface area contributed by atoms with Gasteiger partial charge in [0.15, 0.2) is 0 Å². The van der Waals surface area contributed by atoms with Crippen LogP contribution in [0.5, 0.6) is 0 Å².